The fraction of sp³-hybridized carbons (Fsp3) is 0.516. The van der Waals surface area contributed by atoms with Crippen molar-refractivity contribution in [2.24, 2.45) is 17.6 Å². The van der Waals surface area contributed by atoms with Gasteiger partial charge in [0, 0.05) is 0 Å². The third-order valence-electron chi connectivity index (χ3n) is 8.74. The Hall–Kier alpha value is -4.44. The first-order chi connectivity index (χ1) is 21.7. The number of rotatable bonds is 9. The van der Waals surface area contributed by atoms with E-state index in [2.05, 4.69) is 10.6 Å². The van der Waals surface area contributed by atoms with Crippen molar-refractivity contribution in [3.63, 3.8) is 0 Å². The van der Waals surface area contributed by atoms with Crippen LogP contribution in [-0.2, 0) is 25.5 Å². The topological polar surface area (TPSA) is 232 Å². The number of likely N-dealkylation sites (N-methyl/N-ethyl adjacent to an activating group) is 1. The summed E-state index contributed by atoms with van der Waals surface area (Å²) in [5, 5.41) is 59.8. The molecule has 0 spiro atoms. The normalized spacial score (nSPS) is 24.7. The molecule has 47 heavy (non-hydrogen) atoms. The van der Waals surface area contributed by atoms with Crippen molar-refractivity contribution in [1.29, 1.82) is 0 Å². The average molecular weight is 657 g/mol. The van der Waals surface area contributed by atoms with E-state index in [9.17, 15) is 44.7 Å². The van der Waals surface area contributed by atoms with Crippen molar-refractivity contribution in [1.82, 2.24) is 10.2 Å². The fourth-order valence-electron chi connectivity index (χ4n) is 6.74. The fourth-order valence-corrected chi connectivity index (χ4v) is 6.74. The Kier molecular flexibility index (Phi) is 9.52. The van der Waals surface area contributed by atoms with Crippen LogP contribution in [0.3, 0.4) is 0 Å². The molecule has 0 aromatic heterocycles. The van der Waals surface area contributed by atoms with E-state index in [1.807, 2.05) is 0 Å². The Balaban J connectivity index is 1.62. The molecule has 0 aliphatic heterocycles. The van der Waals surface area contributed by atoms with Crippen molar-refractivity contribution in [2.45, 2.75) is 69.7 Å². The number of Topliss-reactive ketones (excluding diaryl/α,β-unsaturated/α-hetero) is 1. The number of ether oxygens (including phenoxy) is 1. The van der Waals surface area contributed by atoms with Crippen molar-refractivity contribution < 1.29 is 53.8 Å². The molecule has 5 atom stereocenters. The van der Waals surface area contributed by atoms with Gasteiger partial charge in [-0.25, -0.2) is 9.59 Å². The van der Waals surface area contributed by atoms with Gasteiger partial charge < -0.3 is 15.2 Å². The molecule has 1 radical (unpaired) electrons. The number of aromatic hydroxyl groups is 1. The molecule has 253 valence electrons. The number of alkyl carbamates (subject to hydrolysis) is 1. The number of anilines is 1. The van der Waals surface area contributed by atoms with Gasteiger partial charge in [-0.2, -0.15) is 0 Å². The number of nitrogens with zero attached hydrogens (tertiary/aromatic N) is 1. The van der Waals surface area contributed by atoms with Crippen LogP contribution in [0.15, 0.2) is 23.0 Å². The van der Waals surface area contributed by atoms with Crippen LogP contribution in [-0.4, -0.2) is 111 Å². The summed E-state index contributed by atoms with van der Waals surface area (Å²) < 4.78 is 20.6. The Morgan fingerprint density at radius 2 is 1.87 bits per heavy atom. The number of ketones is 1. The molecule has 1 aromatic carbocycles. The molecule has 16 heteroatoms. The quantitative estimate of drug-likeness (QED) is 0.106. The zero-order valence-corrected chi connectivity index (χ0v) is 26.7. The number of nitrogens with one attached hydrogen (secondary N) is 2. The van der Waals surface area contributed by atoms with Crippen LogP contribution in [0.4, 0.5) is 14.9 Å². The Bertz CT molecular complexity index is 1620. The number of aliphatic hydroxyl groups excluding tert-OH is 2. The number of carboxylic acid groups (broad SMARTS) is 1. The molecule has 3 aliphatic carbocycles. The molecule has 0 bridgehead atoms. The minimum atomic E-state index is -2.57. The van der Waals surface area contributed by atoms with E-state index in [1.54, 1.807) is 34.9 Å². The van der Waals surface area contributed by atoms with Gasteiger partial charge in [-0.1, -0.05) is 0 Å². The number of phenols is 1. The first kappa shape index (κ1) is 35.4. The number of aliphatic carboxylic acids is 1. The molecular weight excluding hydrogens is 618 g/mol. The Morgan fingerprint density at radius 1 is 1.23 bits per heavy atom. The van der Waals surface area contributed by atoms with Crippen LogP contribution in [0.1, 0.15) is 51.2 Å². The van der Waals surface area contributed by atoms with Crippen LogP contribution in [0.2, 0.25) is 0 Å². The number of hydrogen-bond acceptors (Lipinski definition) is 11. The van der Waals surface area contributed by atoms with Gasteiger partial charge in [-0.15, -0.1) is 0 Å². The van der Waals surface area contributed by atoms with Gasteiger partial charge in [0.1, 0.15) is 11.6 Å². The van der Waals surface area contributed by atoms with E-state index < -0.39 is 93.0 Å². The SMILES string of the molecule is [B]=C1C(C(N)=O)=C(O)[C@@H](N(C)C)[C@@H]2C[C@@H]3Cc4c(F)cc(NCCC[C@H](NC(=O)OC(C)(C)C)C(=O)O)c(O)c4C(O)=C3C(=O)[C@]12O. The van der Waals surface area contributed by atoms with Crippen molar-refractivity contribution in [2.75, 3.05) is 26.0 Å². The first-order valence-corrected chi connectivity index (χ1v) is 15.0. The van der Waals surface area contributed by atoms with Gasteiger partial charge in [0.2, 0.25) is 0 Å². The summed E-state index contributed by atoms with van der Waals surface area (Å²) in [5.74, 6) is -8.22. The number of aliphatic hydroxyl groups is 3. The van der Waals surface area contributed by atoms with Gasteiger partial charge in [0.15, 0.2) is 0 Å². The van der Waals surface area contributed by atoms with E-state index in [4.69, 9.17) is 18.0 Å². The standard InChI is InChI=1S/C31H39BFN4O10/c1-30(2,3)47-29(45)36-16(28(43)44)7-6-8-35-17-11-15(33)13-9-12-10-14-21(37(4)5)24(40)20(27(34)42)25(32)31(14,46)26(41)18(12)23(39)19(13)22(17)38/h11-12,14,16,21,35,38-40,46H,6-10H2,1-5H3,(H2,34,42)(H,36,45)(H,43,44)/t12-,14-,16-,21-,31+/m0/s1. The molecule has 2 amide bonds. The number of benzene rings is 1. The van der Waals surface area contributed by atoms with Crippen molar-refractivity contribution in [3.8, 4) is 5.75 Å². The molecule has 0 heterocycles. The Labute approximate surface area is 271 Å². The van der Waals surface area contributed by atoms with Crippen LogP contribution >= 0.6 is 0 Å². The summed E-state index contributed by atoms with van der Waals surface area (Å²) in [7, 11) is 9.24. The number of amides is 2. The molecule has 1 aromatic rings. The molecule has 0 unspecified atom stereocenters. The first-order valence-electron chi connectivity index (χ1n) is 15.0. The molecule has 1 fully saturated rings. The monoisotopic (exact) mass is 657 g/mol. The van der Waals surface area contributed by atoms with Crippen molar-refractivity contribution in [3.05, 3.63) is 39.9 Å². The second-order valence-corrected chi connectivity index (χ2v) is 13.3. The van der Waals surface area contributed by atoms with E-state index in [-0.39, 0.29) is 54.6 Å². The molecular formula is C31H39BFN4O10. The maximum atomic E-state index is 15.6. The van der Waals surface area contributed by atoms with Gasteiger partial charge in [-0.05, 0) is 20.8 Å². The molecule has 9 N–H and O–H groups in total. The summed E-state index contributed by atoms with van der Waals surface area (Å²) in [6.45, 7) is 4.88. The second kappa shape index (κ2) is 12.6. The maximum absolute atomic E-state index is 15.6. The minimum absolute atomic E-state index is 0.00895. The summed E-state index contributed by atoms with van der Waals surface area (Å²) in [4.78, 5) is 51.4. The zero-order valence-electron chi connectivity index (χ0n) is 26.7. The van der Waals surface area contributed by atoms with Crippen LogP contribution in [0.5, 0.6) is 5.75 Å². The number of hydrogen-bond donors (Lipinski definition) is 8. The van der Waals surface area contributed by atoms with Crippen LogP contribution in [0.25, 0.3) is 5.76 Å². The van der Waals surface area contributed by atoms with Crippen LogP contribution in [0, 0.1) is 17.7 Å². The van der Waals surface area contributed by atoms with Crippen LogP contribution < -0.4 is 16.4 Å². The summed E-state index contributed by atoms with van der Waals surface area (Å²) in [6.07, 6.45) is -1.05. The molecule has 14 nitrogen and oxygen atoms in total. The number of carboxylic acids is 1. The number of halogens is 1. The number of fused-ring (bicyclic) bond motifs is 3. The van der Waals surface area contributed by atoms with E-state index in [0.717, 1.165) is 6.07 Å². The predicted octanol–water partition coefficient (Wildman–Crippen LogP) is 1.04. The van der Waals surface area contributed by atoms with Gasteiger partial charge >= 0.3 is 214 Å². The van der Waals surface area contributed by atoms with Crippen molar-refractivity contribution >= 4 is 48.2 Å². The number of nitrogens with two attached hydrogens (primary N) is 1. The number of carbonyl (C=O) groups is 4. The third-order valence-corrected chi connectivity index (χ3v) is 8.74. The predicted molar refractivity (Wildman–Crippen MR) is 168 cm³/mol. The Morgan fingerprint density at radius 3 is 2.43 bits per heavy atom. The molecule has 4 rings (SSSR count). The average Bonchev–Trinajstić information content (AvgIpc) is 2.93. The third kappa shape index (κ3) is 6.31. The summed E-state index contributed by atoms with van der Waals surface area (Å²) in [5.41, 5.74) is -0.214. The number of primary amides is 1. The van der Waals surface area contributed by atoms with E-state index in [1.165, 1.54) is 4.90 Å². The molecule has 1 saturated carbocycles. The van der Waals surface area contributed by atoms with Gasteiger partial charge in [0.25, 0.3) is 0 Å². The van der Waals surface area contributed by atoms with Gasteiger partial charge in [-0.3, -0.25) is 0 Å². The van der Waals surface area contributed by atoms with E-state index >= 15 is 4.39 Å². The summed E-state index contributed by atoms with van der Waals surface area (Å²) >= 11 is 0. The zero-order chi connectivity index (χ0) is 35.3. The molecule has 0 saturated heterocycles. The summed E-state index contributed by atoms with van der Waals surface area (Å²) in [6, 6.07) is -1.36. The number of carbonyl (C=O) groups excluding carboxylic acids is 3. The van der Waals surface area contributed by atoms with E-state index in [0.29, 0.717) is 0 Å². The number of phenolic OH excluding ortho intramolecular Hbond substituents is 1. The second-order valence-electron chi connectivity index (χ2n) is 13.3. The molecule has 3 aliphatic rings. The van der Waals surface area contributed by atoms with Gasteiger partial charge in [0.05, 0.1) is 0 Å².